The number of hydrogen-bond acceptors (Lipinski definition) is 3. The summed E-state index contributed by atoms with van der Waals surface area (Å²) in [7, 11) is 5.10. The first-order valence-corrected chi connectivity index (χ1v) is 4.68. The number of para-hydroxylation sites is 2. The third-order valence-corrected chi connectivity index (χ3v) is 1.23. The quantitative estimate of drug-likeness (QED) is 0.682. The fraction of sp³-hybridized carbons (Fsp3) is 0.455. The number of anilines is 2. The Hall–Kier alpha value is -1.22. The van der Waals surface area contributed by atoms with E-state index in [1.807, 2.05) is 45.2 Å². The van der Waals surface area contributed by atoms with Gasteiger partial charge in [-0.15, -0.1) is 0 Å². The molecule has 3 heteroatoms. The van der Waals surface area contributed by atoms with Gasteiger partial charge in [-0.1, -0.05) is 26.0 Å². The van der Waals surface area contributed by atoms with Gasteiger partial charge in [-0.3, -0.25) is 0 Å². The van der Waals surface area contributed by atoms with Crippen LogP contribution in [0.4, 0.5) is 11.4 Å². The first-order valence-electron chi connectivity index (χ1n) is 4.68. The molecule has 0 aliphatic carbocycles. The van der Waals surface area contributed by atoms with Gasteiger partial charge in [0.25, 0.3) is 0 Å². The van der Waals surface area contributed by atoms with E-state index in [9.17, 15) is 0 Å². The first-order chi connectivity index (χ1) is 6.76. The molecule has 0 spiro atoms. The second kappa shape index (κ2) is 11.8. The number of methoxy groups -OCH3 is 1. The predicted octanol–water partition coefficient (Wildman–Crippen LogP) is 2.60. The summed E-state index contributed by atoms with van der Waals surface area (Å²) < 4.78 is 4.25. The van der Waals surface area contributed by atoms with Crippen molar-refractivity contribution in [1.82, 2.24) is 0 Å². The van der Waals surface area contributed by atoms with Crippen LogP contribution in [0.3, 0.4) is 0 Å². The molecule has 3 N–H and O–H groups in total. The lowest BCUT2D eigenvalue weighted by Gasteiger charge is -2.01. The molecule has 0 radical (unpaired) electrons. The zero-order valence-electron chi connectivity index (χ0n) is 9.79. The standard InChI is InChI=1S/C7H10N2.C2H6O.C2H6/c1-9-7-5-3-2-4-6(7)8;1-3-2;1-2/h2-5,9H,8H2,1H3;1-2H3;1-2H3. The lowest BCUT2D eigenvalue weighted by molar-refractivity contribution is 0.277. The molecule has 0 amide bonds. The molecule has 0 atom stereocenters. The van der Waals surface area contributed by atoms with Gasteiger partial charge in [-0.25, -0.2) is 0 Å². The predicted molar refractivity (Wildman–Crippen MR) is 64.7 cm³/mol. The lowest BCUT2D eigenvalue weighted by Crippen LogP contribution is -1.93. The summed E-state index contributed by atoms with van der Waals surface area (Å²) >= 11 is 0. The Balaban J connectivity index is 0. The van der Waals surface area contributed by atoms with Crippen LogP contribution >= 0.6 is 0 Å². The van der Waals surface area contributed by atoms with E-state index < -0.39 is 0 Å². The molecule has 0 saturated heterocycles. The van der Waals surface area contributed by atoms with Crippen molar-refractivity contribution in [3.63, 3.8) is 0 Å². The average molecular weight is 198 g/mol. The maximum Gasteiger partial charge on any atom is 0.0571 e. The molecule has 1 aromatic carbocycles. The van der Waals surface area contributed by atoms with Crippen LogP contribution in [0.25, 0.3) is 0 Å². The zero-order chi connectivity index (χ0) is 11.4. The number of nitrogen functional groups attached to an aromatic ring is 1. The van der Waals surface area contributed by atoms with Crippen LogP contribution in [-0.2, 0) is 4.74 Å². The van der Waals surface area contributed by atoms with Crippen molar-refractivity contribution in [2.45, 2.75) is 13.8 Å². The molecule has 0 aromatic heterocycles. The van der Waals surface area contributed by atoms with E-state index in [4.69, 9.17) is 5.73 Å². The van der Waals surface area contributed by atoms with E-state index in [-0.39, 0.29) is 0 Å². The van der Waals surface area contributed by atoms with Crippen molar-refractivity contribution < 1.29 is 4.74 Å². The largest absolute Gasteiger partial charge is 0.397 e. The maximum absolute atomic E-state index is 5.57. The van der Waals surface area contributed by atoms with Gasteiger partial charge in [-0.05, 0) is 12.1 Å². The summed E-state index contributed by atoms with van der Waals surface area (Å²) in [5.74, 6) is 0. The normalized spacial score (nSPS) is 7.50. The Morgan fingerprint density at radius 3 is 1.86 bits per heavy atom. The van der Waals surface area contributed by atoms with Crippen molar-refractivity contribution >= 4 is 11.4 Å². The van der Waals surface area contributed by atoms with Crippen LogP contribution in [0.5, 0.6) is 0 Å². The van der Waals surface area contributed by atoms with Gasteiger partial charge in [0.1, 0.15) is 0 Å². The third kappa shape index (κ3) is 7.43. The Morgan fingerprint density at radius 2 is 1.57 bits per heavy atom. The van der Waals surface area contributed by atoms with E-state index in [1.165, 1.54) is 0 Å². The van der Waals surface area contributed by atoms with Crippen LogP contribution in [0, 0.1) is 0 Å². The van der Waals surface area contributed by atoms with E-state index in [0.717, 1.165) is 11.4 Å². The number of hydrogen-bond donors (Lipinski definition) is 2. The van der Waals surface area contributed by atoms with E-state index in [2.05, 4.69) is 10.1 Å². The molecule has 0 heterocycles. The van der Waals surface area contributed by atoms with Gasteiger partial charge in [0.15, 0.2) is 0 Å². The molecular formula is C11H22N2O. The molecule has 14 heavy (non-hydrogen) atoms. The van der Waals surface area contributed by atoms with Crippen molar-refractivity contribution in [3.8, 4) is 0 Å². The van der Waals surface area contributed by atoms with Gasteiger partial charge in [-0.2, -0.15) is 0 Å². The zero-order valence-corrected chi connectivity index (χ0v) is 9.79. The van der Waals surface area contributed by atoms with E-state index in [1.54, 1.807) is 14.2 Å². The smallest absolute Gasteiger partial charge is 0.0571 e. The summed E-state index contributed by atoms with van der Waals surface area (Å²) in [5.41, 5.74) is 7.34. The van der Waals surface area contributed by atoms with Crippen molar-refractivity contribution in [3.05, 3.63) is 24.3 Å². The number of rotatable bonds is 1. The van der Waals surface area contributed by atoms with Crippen LogP contribution in [0.15, 0.2) is 24.3 Å². The Labute approximate surface area is 87.3 Å². The highest BCUT2D eigenvalue weighted by Gasteiger charge is 1.89. The number of ether oxygens (including phenoxy) is 1. The van der Waals surface area contributed by atoms with Crippen molar-refractivity contribution in [2.75, 3.05) is 32.3 Å². The minimum absolute atomic E-state index is 0.792. The highest BCUT2D eigenvalue weighted by molar-refractivity contribution is 5.65. The fourth-order valence-electron chi connectivity index (χ4n) is 0.725. The average Bonchev–Trinajstić information content (AvgIpc) is 2.23. The second-order valence-corrected chi connectivity index (χ2v) is 2.25. The molecule has 1 aromatic rings. The number of nitrogens with two attached hydrogens (primary N) is 1. The van der Waals surface area contributed by atoms with Crippen LogP contribution < -0.4 is 11.1 Å². The van der Waals surface area contributed by atoms with Crippen molar-refractivity contribution in [1.29, 1.82) is 0 Å². The molecular weight excluding hydrogens is 176 g/mol. The highest BCUT2D eigenvalue weighted by Crippen LogP contribution is 2.14. The van der Waals surface area contributed by atoms with E-state index in [0.29, 0.717) is 0 Å². The molecule has 82 valence electrons. The van der Waals surface area contributed by atoms with Gasteiger partial charge < -0.3 is 15.8 Å². The lowest BCUT2D eigenvalue weighted by atomic mass is 10.3. The maximum atomic E-state index is 5.57. The van der Waals surface area contributed by atoms with E-state index >= 15 is 0 Å². The Kier molecular flexibility index (Phi) is 12.8. The molecule has 0 aliphatic rings. The second-order valence-electron chi connectivity index (χ2n) is 2.25. The molecule has 3 nitrogen and oxygen atoms in total. The summed E-state index contributed by atoms with van der Waals surface area (Å²) in [5, 5.41) is 2.97. The fourth-order valence-corrected chi connectivity index (χ4v) is 0.725. The van der Waals surface area contributed by atoms with Crippen LogP contribution in [0.1, 0.15) is 13.8 Å². The molecule has 0 bridgehead atoms. The summed E-state index contributed by atoms with van der Waals surface area (Å²) in [6, 6.07) is 7.67. The molecule has 0 fully saturated rings. The van der Waals surface area contributed by atoms with Gasteiger partial charge >= 0.3 is 0 Å². The topological polar surface area (TPSA) is 47.3 Å². The first kappa shape index (κ1) is 15.3. The van der Waals surface area contributed by atoms with Crippen LogP contribution in [0.2, 0.25) is 0 Å². The molecule has 1 rings (SSSR count). The van der Waals surface area contributed by atoms with Crippen molar-refractivity contribution in [2.24, 2.45) is 0 Å². The molecule has 0 saturated carbocycles. The van der Waals surface area contributed by atoms with Gasteiger partial charge in [0.05, 0.1) is 11.4 Å². The summed E-state index contributed by atoms with van der Waals surface area (Å²) in [6.45, 7) is 4.00. The minimum Gasteiger partial charge on any atom is -0.397 e. The molecule has 0 aliphatic heterocycles. The summed E-state index contributed by atoms with van der Waals surface area (Å²) in [6.07, 6.45) is 0. The SMILES string of the molecule is CC.CNc1ccccc1N.COC. The Morgan fingerprint density at radius 1 is 1.14 bits per heavy atom. The number of benzene rings is 1. The monoisotopic (exact) mass is 198 g/mol. The molecule has 0 unspecified atom stereocenters. The third-order valence-electron chi connectivity index (χ3n) is 1.23. The van der Waals surface area contributed by atoms with Gasteiger partial charge in [0, 0.05) is 21.3 Å². The number of nitrogens with one attached hydrogen (secondary N) is 1. The summed E-state index contributed by atoms with van der Waals surface area (Å²) in [4.78, 5) is 0. The minimum atomic E-state index is 0.792. The van der Waals surface area contributed by atoms with Gasteiger partial charge in [0.2, 0.25) is 0 Å². The highest BCUT2D eigenvalue weighted by atomic mass is 16.4. The Bertz CT molecular complexity index is 214. The van der Waals surface area contributed by atoms with Crippen LogP contribution in [-0.4, -0.2) is 21.3 Å².